The number of imidazole rings is 1. The zero-order valence-corrected chi connectivity index (χ0v) is 15.6. The summed E-state index contributed by atoms with van der Waals surface area (Å²) in [6.07, 6.45) is 5.80. The Morgan fingerprint density at radius 1 is 1.12 bits per heavy atom. The number of aromatic nitrogens is 3. The highest BCUT2D eigenvalue weighted by atomic mass is 79.9. The fourth-order valence-corrected chi connectivity index (χ4v) is 2.82. The minimum atomic E-state index is -0.128. The van der Waals surface area contributed by atoms with Crippen LogP contribution in [0, 0.1) is 0 Å². The normalized spacial score (nSPS) is 10.7. The lowest BCUT2D eigenvalue weighted by Gasteiger charge is -2.10. The fraction of sp³-hybridized carbons (Fsp3) is 0.222. The summed E-state index contributed by atoms with van der Waals surface area (Å²) < 4.78 is 14.7. The van der Waals surface area contributed by atoms with Crippen molar-refractivity contribution in [1.29, 1.82) is 0 Å². The predicted octanol–water partition coefficient (Wildman–Crippen LogP) is 3.06. The van der Waals surface area contributed by atoms with Gasteiger partial charge in [0.05, 0.1) is 14.2 Å². The molecule has 3 aromatic rings. The molecule has 0 bridgehead atoms. The first-order valence-corrected chi connectivity index (χ1v) is 8.52. The fourth-order valence-electron chi connectivity index (χ4n) is 2.59. The molecule has 0 fully saturated rings. The zero-order chi connectivity index (χ0) is 17.8. The van der Waals surface area contributed by atoms with Crippen molar-refractivity contribution >= 4 is 15.9 Å². The second kappa shape index (κ2) is 7.57. The largest absolute Gasteiger partial charge is 0.497 e. The molecule has 25 heavy (non-hydrogen) atoms. The van der Waals surface area contributed by atoms with E-state index in [1.54, 1.807) is 43.4 Å². The standard InChI is InChI=1S/C18H18BrN3O3/c1-24-15-4-5-16(25-2)13(11-15)7-8-21-9-10-22(18(21)23)17-6-3-14(19)12-20-17/h3-6,9-12H,7-8H2,1-2H3. The Morgan fingerprint density at radius 3 is 2.64 bits per heavy atom. The molecule has 3 rings (SSSR count). The van der Waals surface area contributed by atoms with Gasteiger partial charge in [-0.05, 0) is 58.2 Å². The molecule has 1 aromatic carbocycles. The summed E-state index contributed by atoms with van der Waals surface area (Å²) in [5.41, 5.74) is 0.861. The van der Waals surface area contributed by atoms with Crippen LogP contribution in [0.2, 0.25) is 0 Å². The topological polar surface area (TPSA) is 58.3 Å². The third-order valence-corrected chi connectivity index (χ3v) is 4.38. The van der Waals surface area contributed by atoms with Crippen molar-refractivity contribution in [3.8, 4) is 17.3 Å². The second-order valence-electron chi connectivity index (χ2n) is 5.41. The molecule has 0 N–H and O–H groups in total. The van der Waals surface area contributed by atoms with Gasteiger partial charge in [0.25, 0.3) is 0 Å². The van der Waals surface area contributed by atoms with E-state index in [-0.39, 0.29) is 5.69 Å². The Morgan fingerprint density at radius 2 is 1.96 bits per heavy atom. The molecular formula is C18H18BrN3O3. The van der Waals surface area contributed by atoms with Crippen molar-refractivity contribution < 1.29 is 9.47 Å². The van der Waals surface area contributed by atoms with E-state index in [4.69, 9.17) is 9.47 Å². The lowest BCUT2D eigenvalue weighted by Crippen LogP contribution is -2.24. The van der Waals surface area contributed by atoms with Gasteiger partial charge in [0, 0.05) is 29.6 Å². The molecule has 2 heterocycles. The zero-order valence-electron chi connectivity index (χ0n) is 14.0. The van der Waals surface area contributed by atoms with E-state index in [1.165, 1.54) is 4.57 Å². The van der Waals surface area contributed by atoms with Gasteiger partial charge >= 0.3 is 5.69 Å². The van der Waals surface area contributed by atoms with Crippen LogP contribution >= 0.6 is 15.9 Å². The Hall–Kier alpha value is -2.54. The first kappa shape index (κ1) is 17.3. The summed E-state index contributed by atoms with van der Waals surface area (Å²) >= 11 is 3.34. The molecule has 6 nitrogen and oxygen atoms in total. The van der Waals surface area contributed by atoms with Crippen LogP contribution in [0.15, 0.2) is 58.2 Å². The van der Waals surface area contributed by atoms with Crippen LogP contribution < -0.4 is 15.2 Å². The molecule has 0 aliphatic heterocycles. The summed E-state index contributed by atoms with van der Waals surface area (Å²) in [4.78, 5) is 16.8. The molecule has 130 valence electrons. The highest BCUT2D eigenvalue weighted by Gasteiger charge is 2.09. The number of halogens is 1. The molecule has 0 saturated heterocycles. The average Bonchev–Trinajstić information content (AvgIpc) is 3.01. The minimum Gasteiger partial charge on any atom is -0.497 e. The van der Waals surface area contributed by atoms with Gasteiger partial charge in [-0.1, -0.05) is 0 Å². The van der Waals surface area contributed by atoms with Gasteiger partial charge in [-0.2, -0.15) is 0 Å². The number of methoxy groups -OCH3 is 2. The first-order valence-electron chi connectivity index (χ1n) is 7.73. The van der Waals surface area contributed by atoms with Crippen molar-refractivity contribution in [2.75, 3.05) is 14.2 Å². The molecule has 0 amide bonds. The average molecular weight is 404 g/mol. The minimum absolute atomic E-state index is 0.128. The molecule has 0 radical (unpaired) electrons. The number of benzene rings is 1. The summed E-state index contributed by atoms with van der Waals surface area (Å²) in [5.74, 6) is 2.13. The molecule has 2 aromatic heterocycles. The highest BCUT2D eigenvalue weighted by Crippen LogP contribution is 2.24. The van der Waals surface area contributed by atoms with Crippen LogP contribution in [-0.2, 0) is 13.0 Å². The smallest absolute Gasteiger partial charge is 0.333 e. The summed E-state index contributed by atoms with van der Waals surface area (Å²) in [6.45, 7) is 0.534. The Labute approximate surface area is 153 Å². The van der Waals surface area contributed by atoms with E-state index in [0.29, 0.717) is 18.8 Å². The summed E-state index contributed by atoms with van der Waals surface area (Å²) in [6, 6.07) is 9.29. The van der Waals surface area contributed by atoms with Gasteiger partial charge in [0.2, 0.25) is 0 Å². The summed E-state index contributed by atoms with van der Waals surface area (Å²) in [7, 11) is 3.26. The van der Waals surface area contributed by atoms with E-state index < -0.39 is 0 Å². The Kier molecular flexibility index (Phi) is 5.23. The number of hydrogen-bond acceptors (Lipinski definition) is 4. The summed E-state index contributed by atoms with van der Waals surface area (Å²) in [5, 5.41) is 0. The third-order valence-electron chi connectivity index (χ3n) is 3.92. The lowest BCUT2D eigenvalue weighted by molar-refractivity contribution is 0.397. The number of pyridine rings is 1. The van der Waals surface area contributed by atoms with E-state index >= 15 is 0 Å². The van der Waals surface area contributed by atoms with Gasteiger partial charge in [-0.3, -0.25) is 9.13 Å². The quantitative estimate of drug-likeness (QED) is 0.634. The third kappa shape index (κ3) is 3.76. The van der Waals surface area contributed by atoms with Gasteiger partial charge < -0.3 is 9.47 Å². The molecule has 0 aliphatic carbocycles. The van der Waals surface area contributed by atoms with Crippen molar-refractivity contribution in [1.82, 2.24) is 14.1 Å². The van der Waals surface area contributed by atoms with Gasteiger partial charge in [-0.25, -0.2) is 9.78 Å². The molecule has 0 unspecified atom stereocenters. The maximum absolute atomic E-state index is 12.6. The second-order valence-corrected chi connectivity index (χ2v) is 6.32. The van der Waals surface area contributed by atoms with Crippen LogP contribution in [0.5, 0.6) is 11.5 Å². The van der Waals surface area contributed by atoms with Crippen LogP contribution in [0.1, 0.15) is 5.56 Å². The van der Waals surface area contributed by atoms with E-state index in [1.807, 2.05) is 24.3 Å². The van der Waals surface area contributed by atoms with Crippen LogP contribution in [-0.4, -0.2) is 28.3 Å². The predicted molar refractivity (Wildman–Crippen MR) is 98.8 cm³/mol. The molecule has 0 saturated carbocycles. The number of ether oxygens (including phenoxy) is 2. The van der Waals surface area contributed by atoms with Crippen LogP contribution in [0.3, 0.4) is 0 Å². The van der Waals surface area contributed by atoms with Crippen LogP contribution in [0.25, 0.3) is 5.82 Å². The van der Waals surface area contributed by atoms with E-state index in [9.17, 15) is 4.79 Å². The molecule has 7 heteroatoms. The number of aryl methyl sites for hydroxylation is 2. The maximum atomic E-state index is 12.6. The first-order chi connectivity index (χ1) is 12.1. The SMILES string of the molecule is COc1ccc(OC)c(CCn2ccn(-c3ccc(Br)cn3)c2=O)c1. The van der Waals surface area contributed by atoms with Gasteiger partial charge in [0.1, 0.15) is 17.3 Å². The Bertz CT molecular complexity index is 916. The molecular weight excluding hydrogens is 386 g/mol. The van der Waals surface area contributed by atoms with Crippen molar-refractivity contribution in [3.05, 3.63) is 69.4 Å². The highest BCUT2D eigenvalue weighted by molar-refractivity contribution is 9.10. The maximum Gasteiger partial charge on any atom is 0.333 e. The number of hydrogen-bond donors (Lipinski definition) is 0. The van der Waals surface area contributed by atoms with Gasteiger partial charge in [0.15, 0.2) is 0 Å². The monoisotopic (exact) mass is 403 g/mol. The van der Waals surface area contributed by atoms with E-state index in [2.05, 4.69) is 20.9 Å². The molecule has 0 spiro atoms. The van der Waals surface area contributed by atoms with Crippen LogP contribution in [0.4, 0.5) is 0 Å². The number of rotatable bonds is 6. The van der Waals surface area contributed by atoms with E-state index in [0.717, 1.165) is 21.5 Å². The number of nitrogens with zero attached hydrogens (tertiary/aromatic N) is 3. The van der Waals surface area contributed by atoms with Gasteiger partial charge in [-0.15, -0.1) is 0 Å². The molecule has 0 atom stereocenters. The lowest BCUT2D eigenvalue weighted by atomic mass is 10.1. The van der Waals surface area contributed by atoms with Crippen molar-refractivity contribution in [2.24, 2.45) is 0 Å². The Balaban J connectivity index is 1.81. The van der Waals surface area contributed by atoms with Crippen molar-refractivity contribution in [2.45, 2.75) is 13.0 Å². The van der Waals surface area contributed by atoms with Crippen molar-refractivity contribution in [3.63, 3.8) is 0 Å². The molecule has 0 aliphatic rings.